The molecule has 0 heterocycles. The van der Waals surface area contributed by atoms with Gasteiger partial charge in [-0.15, -0.1) is 0 Å². The molecular formula is C14H21NO2S. The first-order chi connectivity index (χ1) is 8.43. The standard InChI is InChI=1S/C14H21NO2S/c1-10-7-8-12(15)14(9-10)18(16,17)13-6-4-3-5-11(13)2/h3-6,10,12,14H,7-9,15H2,1-2H3. The molecular weight excluding hydrogens is 246 g/mol. The van der Waals surface area contributed by atoms with E-state index in [0.29, 0.717) is 17.2 Å². The van der Waals surface area contributed by atoms with Gasteiger partial charge in [0.2, 0.25) is 0 Å². The van der Waals surface area contributed by atoms with E-state index in [1.165, 1.54) is 0 Å². The fourth-order valence-electron chi connectivity index (χ4n) is 2.75. The highest BCUT2D eigenvalue weighted by Crippen LogP contribution is 2.32. The van der Waals surface area contributed by atoms with Crippen LogP contribution in [0.2, 0.25) is 0 Å². The lowest BCUT2D eigenvalue weighted by Crippen LogP contribution is -2.44. The first kappa shape index (κ1) is 13.6. The van der Waals surface area contributed by atoms with Crippen molar-refractivity contribution in [3.05, 3.63) is 29.8 Å². The number of benzene rings is 1. The second-order valence-electron chi connectivity index (χ2n) is 5.43. The summed E-state index contributed by atoms with van der Waals surface area (Å²) >= 11 is 0. The molecule has 1 aromatic carbocycles. The Morgan fingerprint density at radius 1 is 1.22 bits per heavy atom. The van der Waals surface area contributed by atoms with Crippen molar-refractivity contribution in [3.8, 4) is 0 Å². The van der Waals surface area contributed by atoms with E-state index in [4.69, 9.17) is 5.73 Å². The van der Waals surface area contributed by atoms with Crippen molar-refractivity contribution in [3.63, 3.8) is 0 Å². The van der Waals surface area contributed by atoms with Gasteiger partial charge in [-0.2, -0.15) is 0 Å². The average molecular weight is 267 g/mol. The molecule has 3 nitrogen and oxygen atoms in total. The third-order valence-electron chi connectivity index (χ3n) is 3.90. The minimum atomic E-state index is -3.30. The van der Waals surface area contributed by atoms with Crippen LogP contribution in [-0.2, 0) is 9.84 Å². The quantitative estimate of drug-likeness (QED) is 0.894. The van der Waals surface area contributed by atoms with Crippen LogP contribution in [0.25, 0.3) is 0 Å². The van der Waals surface area contributed by atoms with E-state index in [1.54, 1.807) is 12.1 Å². The second-order valence-corrected chi connectivity index (χ2v) is 7.57. The molecule has 0 amide bonds. The molecule has 1 saturated carbocycles. The molecule has 3 atom stereocenters. The largest absolute Gasteiger partial charge is 0.327 e. The van der Waals surface area contributed by atoms with E-state index in [1.807, 2.05) is 19.1 Å². The molecule has 4 heteroatoms. The van der Waals surface area contributed by atoms with Gasteiger partial charge in [-0.25, -0.2) is 8.42 Å². The zero-order valence-corrected chi connectivity index (χ0v) is 11.8. The molecule has 1 aliphatic rings. The van der Waals surface area contributed by atoms with Gasteiger partial charge in [0.05, 0.1) is 10.1 Å². The normalized spacial score (nSPS) is 29.2. The van der Waals surface area contributed by atoms with Gasteiger partial charge in [0.15, 0.2) is 9.84 Å². The van der Waals surface area contributed by atoms with Gasteiger partial charge in [-0.05, 0) is 43.7 Å². The van der Waals surface area contributed by atoms with Gasteiger partial charge < -0.3 is 5.73 Å². The molecule has 2 N–H and O–H groups in total. The van der Waals surface area contributed by atoms with Crippen LogP contribution in [0.3, 0.4) is 0 Å². The minimum absolute atomic E-state index is 0.231. The van der Waals surface area contributed by atoms with Crippen LogP contribution in [0.5, 0.6) is 0 Å². The summed E-state index contributed by atoms with van der Waals surface area (Å²) in [4.78, 5) is 0.444. The Balaban J connectivity index is 2.39. The highest BCUT2D eigenvalue weighted by molar-refractivity contribution is 7.92. The van der Waals surface area contributed by atoms with Gasteiger partial charge in [-0.1, -0.05) is 25.1 Å². The molecule has 0 radical (unpaired) electrons. The summed E-state index contributed by atoms with van der Waals surface area (Å²) in [5, 5.41) is -0.428. The van der Waals surface area contributed by atoms with Gasteiger partial charge in [0.1, 0.15) is 0 Å². The third-order valence-corrected chi connectivity index (χ3v) is 6.31. The summed E-state index contributed by atoms with van der Waals surface area (Å²) in [6.45, 7) is 3.94. The summed E-state index contributed by atoms with van der Waals surface area (Å²) in [6, 6.07) is 6.93. The molecule has 2 rings (SSSR count). The van der Waals surface area contributed by atoms with Gasteiger partial charge in [0.25, 0.3) is 0 Å². The SMILES string of the molecule is Cc1ccccc1S(=O)(=O)C1CC(C)CCC1N. The molecule has 1 aromatic rings. The molecule has 0 aromatic heterocycles. The number of sulfone groups is 1. The van der Waals surface area contributed by atoms with Crippen molar-refractivity contribution in [2.75, 3.05) is 0 Å². The Labute approximate surface area is 109 Å². The Morgan fingerprint density at radius 2 is 1.89 bits per heavy atom. The van der Waals surface area contributed by atoms with E-state index in [-0.39, 0.29) is 6.04 Å². The fourth-order valence-corrected chi connectivity index (χ4v) is 5.04. The zero-order valence-electron chi connectivity index (χ0n) is 11.0. The van der Waals surface area contributed by atoms with Crippen LogP contribution in [0.1, 0.15) is 31.7 Å². The summed E-state index contributed by atoms with van der Waals surface area (Å²) < 4.78 is 25.4. The number of nitrogens with two attached hydrogens (primary N) is 1. The van der Waals surface area contributed by atoms with Crippen molar-refractivity contribution in [1.82, 2.24) is 0 Å². The van der Waals surface area contributed by atoms with Crippen LogP contribution >= 0.6 is 0 Å². The molecule has 1 aliphatic carbocycles. The lowest BCUT2D eigenvalue weighted by atomic mass is 9.87. The summed E-state index contributed by atoms with van der Waals surface area (Å²) in [5.74, 6) is 0.439. The van der Waals surface area contributed by atoms with Crippen LogP contribution in [-0.4, -0.2) is 19.7 Å². The maximum Gasteiger partial charge on any atom is 0.183 e. The van der Waals surface area contributed by atoms with E-state index < -0.39 is 15.1 Å². The van der Waals surface area contributed by atoms with Crippen LogP contribution in [0, 0.1) is 12.8 Å². The van der Waals surface area contributed by atoms with Crippen molar-refractivity contribution >= 4 is 9.84 Å². The monoisotopic (exact) mass is 267 g/mol. The average Bonchev–Trinajstić information content (AvgIpc) is 2.32. The van der Waals surface area contributed by atoms with E-state index in [0.717, 1.165) is 18.4 Å². The Morgan fingerprint density at radius 3 is 2.56 bits per heavy atom. The molecule has 0 spiro atoms. The van der Waals surface area contributed by atoms with Crippen molar-refractivity contribution < 1.29 is 8.42 Å². The maximum atomic E-state index is 12.7. The first-order valence-electron chi connectivity index (χ1n) is 6.48. The number of rotatable bonds is 2. The fraction of sp³-hybridized carbons (Fsp3) is 0.571. The van der Waals surface area contributed by atoms with E-state index in [9.17, 15) is 8.42 Å². The predicted octanol–water partition coefficient (Wildman–Crippen LogP) is 2.28. The van der Waals surface area contributed by atoms with Gasteiger partial charge >= 0.3 is 0 Å². The van der Waals surface area contributed by atoms with Gasteiger partial charge in [0, 0.05) is 6.04 Å². The van der Waals surface area contributed by atoms with Crippen LogP contribution < -0.4 is 5.73 Å². The summed E-state index contributed by atoms with van der Waals surface area (Å²) in [6.07, 6.45) is 2.51. The van der Waals surface area contributed by atoms with Gasteiger partial charge in [-0.3, -0.25) is 0 Å². The topological polar surface area (TPSA) is 60.2 Å². The van der Waals surface area contributed by atoms with E-state index in [2.05, 4.69) is 6.92 Å². The smallest absolute Gasteiger partial charge is 0.183 e. The number of hydrogen-bond donors (Lipinski definition) is 1. The van der Waals surface area contributed by atoms with Crippen LogP contribution in [0.15, 0.2) is 29.2 Å². The Kier molecular flexibility index (Phi) is 3.78. The highest BCUT2D eigenvalue weighted by Gasteiger charge is 2.37. The highest BCUT2D eigenvalue weighted by atomic mass is 32.2. The second kappa shape index (κ2) is 5.02. The summed E-state index contributed by atoms with van der Waals surface area (Å²) in [5.41, 5.74) is 6.84. The van der Waals surface area contributed by atoms with Crippen LogP contribution in [0.4, 0.5) is 0 Å². The molecule has 18 heavy (non-hydrogen) atoms. The summed E-state index contributed by atoms with van der Waals surface area (Å²) in [7, 11) is -3.30. The van der Waals surface area contributed by atoms with E-state index >= 15 is 0 Å². The molecule has 0 bridgehead atoms. The number of aryl methyl sites for hydroxylation is 1. The van der Waals surface area contributed by atoms with Crippen molar-refractivity contribution in [2.24, 2.45) is 11.7 Å². The molecule has 0 aliphatic heterocycles. The first-order valence-corrected chi connectivity index (χ1v) is 8.02. The molecule has 3 unspecified atom stereocenters. The Hall–Kier alpha value is -0.870. The Bertz CT molecular complexity index is 524. The maximum absolute atomic E-state index is 12.7. The van der Waals surface area contributed by atoms with Crippen molar-refractivity contribution in [2.45, 2.75) is 49.3 Å². The lowest BCUT2D eigenvalue weighted by molar-refractivity contribution is 0.346. The van der Waals surface area contributed by atoms with Crippen molar-refractivity contribution in [1.29, 1.82) is 0 Å². The lowest BCUT2D eigenvalue weighted by Gasteiger charge is -2.32. The third kappa shape index (κ3) is 2.45. The molecule has 100 valence electrons. The minimum Gasteiger partial charge on any atom is -0.327 e. The zero-order chi connectivity index (χ0) is 13.3. The number of hydrogen-bond acceptors (Lipinski definition) is 3. The molecule has 0 saturated heterocycles. The molecule has 1 fully saturated rings. The predicted molar refractivity (Wildman–Crippen MR) is 73.1 cm³/mol.